The number of rotatable bonds is 11. The third-order valence-corrected chi connectivity index (χ3v) is 6.56. The molecule has 0 unspecified atom stereocenters. The summed E-state index contributed by atoms with van der Waals surface area (Å²) >= 11 is 3.59. The van der Waals surface area contributed by atoms with Gasteiger partial charge < -0.3 is 14.8 Å². The molecule has 38 heavy (non-hydrogen) atoms. The number of fused-ring (bicyclic) bond motifs is 1. The van der Waals surface area contributed by atoms with Crippen molar-refractivity contribution in [2.75, 3.05) is 13.2 Å². The van der Waals surface area contributed by atoms with Crippen LogP contribution in [-0.4, -0.2) is 19.1 Å². The SMILES string of the molecule is CCOc1cc(/C=C(/C#N)C(=O)NCCCc2ccccc2)cc(Br)c1OCc1ccc2ccccc2c1. The van der Waals surface area contributed by atoms with Crippen molar-refractivity contribution in [1.82, 2.24) is 5.32 Å². The van der Waals surface area contributed by atoms with Crippen LogP contribution in [0.1, 0.15) is 30.0 Å². The Bertz CT molecular complexity index is 1480. The van der Waals surface area contributed by atoms with Crippen LogP contribution in [0.2, 0.25) is 0 Å². The zero-order valence-corrected chi connectivity index (χ0v) is 22.8. The summed E-state index contributed by atoms with van der Waals surface area (Å²) in [7, 11) is 0. The fraction of sp³-hybridized carbons (Fsp3) is 0.188. The first-order valence-electron chi connectivity index (χ1n) is 12.6. The first kappa shape index (κ1) is 27.0. The molecule has 0 aliphatic carbocycles. The summed E-state index contributed by atoms with van der Waals surface area (Å²) in [5.74, 6) is 0.710. The fourth-order valence-corrected chi connectivity index (χ4v) is 4.68. The molecule has 0 aliphatic heterocycles. The average molecular weight is 569 g/mol. The fourth-order valence-electron chi connectivity index (χ4n) is 4.11. The van der Waals surface area contributed by atoms with Gasteiger partial charge in [0, 0.05) is 6.54 Å². The van der Waals surface area contributed by atoms with Gasteiger partial charge in [-0.05, 0) is 87.4 Å². The maximum atomic E-state index is 12.6. The summed E-state index contributed by atoms with van der Waals surface area (Å²) in [6.07, 6.45) is 3.21. The Balaban J connectivity index is 1.44. The maximum absolute atomic E-state index is 12.6. The molecule has 0 saturated heterocycles. The van der Waals surface area contributed by atoms with E-state index in [9.17, 15) is 10.1 Å². The lowest BCUT2D eigenvalue weighted by Gasteiger charge is -2.15. The summed E-state index contributed by atoms with van der Waals surface area (Å²) < 4.78 is 12.7. The molecule has 0 heterocycles. The smallest absolute Gasteiger partial charge is 0.261 e. The van der Waals surface area contributed by atoms with Crippen LogP contribution in [0, 0.1) is 11.3 Å². The van der Waals surface area contributed by atoms with Crippen molar-refractivity contribution in [3.05, 3.63) is 112 Å². The molecule has 0 bridgehead atoms. The van der Waals surface area contributed by atoms with E-state index in [-0.39, 0.29) is 5.57 Å². The van der Waals surface area contributed by atoms with Gasteiger partial charge in [-0.25, -0.2) is 0 Å². The maximum Gasteiger partial charge on any atom is 0.261 e. The van der Waals surface area contributed by atoms with Gasteiger partial charge in [0.05, 0.1) is 11.1 Å². The summed E-state index contributed by atoms with van der Waals surface area (Å²) in [6, 6.07) is 30.1. The van der Waals surface area contributed by atoms with Gasteiger partial charge in [-0.15, -0.1) is 0 Å². The van der Waals surface area contributed by atoms with Crippen LogP contribution < -0.4 is 14.8 Å². The van der Waals surface area contributed by atoms with Crippen LogP contribution in [0.5, 0.6) is 11.5 Å². The topological polar surface area (TPSA) is 71.3 Å². The van der Waals surface area contributed by atoms with Crippen LogP contribution in [-0.2, 0) is 17.8 Å². The van der Waals surface area contributed by atoms with Gasteiger partial charge in [-0.1, -0.05) is 66.7 Å². The first-order valence-corrected chi connectivity index (χ1v) is 13.4. The number of ether oxygens (including phenoxy) is 2. The van der Waals surface area contributed by atoms with E-state index < -0.39 is 5.91 Å². The van der Waals surface area contributed by atoms with Gasteiger partial charge in [0.25, 0.3) is 5.91 Å². The molecule has 0 saturated carbocycles. The Morgan fingerprint density at radius 3 is 2.47 bits per heavy atom. The molecule has 0 spiro atoms. The van der Waals surface area contributed by atoms with Crippen molar-refractivity contribution in [1.29, 1.82) is 5.26 Å². The number of hydrogen-bond donors (Lipinski definition) is 1. The van der Waals surface area contributed by atoms with Gasteiger partial charge in [-0.3, -0.25) is 4.79 Å². The summed E-state index contributed by atoms with van der Waals surface area (Å²) in [4.78, 5) is 12.6. The second kappa shape index (κ2) is 13.5. The molecule has 4 aromatic carbocycles. The summed E-state index contributed by atoms with van der Waals surface area (Å²) in [6.45, 7) is 3.20. The Morgan fingerprint density at radius 1 is 0.947 bits per heavy atom. The number of halogens is 1. The van der Waals surface area contributed by atoms with Crippen LogP contribution in [0.25, 0.3) is 16.8 Å². The predicted octanol–water partition coefficient (Wildman–Crippen LogP) is 7.24. The molecule has 4 rings (SSSR count). The number of aryl methyl sites for hydroxylation is 1. The quantitative estimate of drug-likeness (QED) is 0.118. The molecule has 1 N–H and O–H groups in total. The van der Waals surface area contributed by atoms with E-state index >= 15 is 0 Å². The van der Waals surface area contributed by atoms with Crippen molar-refractivity contribution < 1.29 is 14.3 Å². The number of carbonyl (C=O) groups excluding carboxylic acids is 1. The van der Waals surface area contributed by atoms with Crippen molar-refractivity contribution >= 4 is 38.7 Å². The van der Waals surface area contributed by atoms with Crippen LogP contribution in [0.3, 0.4) is 0 Å². The molecule has 1 amide bonds. The first-order chi connectivity index (χ1) is 18.6. The molecule has 6 heteroatoms. The third kappa shape index (κ3) is 7.24. The third-order valence-electron chi connectivity index (χ3n) is 5.98. The Hall–Kier alpha value is -4.08. The molecular weight excluding hydrogens is 540 g/mol. The highest BCUT2D eigenvalue weighted by Crippen LogP contribution is 2.38. The lowest BCUT2D eigenvalue weighted by atomic mass is 10.1. The highest BCUT2D eigenvalue weighted by Gasteiger charge is 2.15. The summed E-state index contributed by atoms with van der Waals surface area (Å²) in [5.41, 5.74) is 2.95. The number of nitrogens with zero attached hydrogens (tertiary/aromatic N) is 1. The van der Waals surface area contributed by atoms with Crippen LogP contribution >= 0.6 is 15.9 Å². The number of amides is 1. The molecule has 0 fully saturated rings. The molecule has 5 nitrogen and oxygen atoms in total. The minimum absolute atomic E-state index is 0.0314. The lowest BCUT2D eigenvalue weighted by molar-refractivity contribution is -0.117. The number of nitriles is 1. The number of benzene rings is 4. The largest absolute Gasteiger partial charge is 0.490 e. The van der Waals surface area contributed by atoms with Gasteiger partial charge in [-0.2, -0.15) is 5.26 Å². The summed E-state index contributed by atoms with van der Waals surface area (Å²) in [5, 5.41) is 14.8. The Morgan fingerprint density at radius 2 is 1.71 bits per heavy atom. The van der Waals surface area contributed by atoms with E-state index in [1.807, 2.05) is 55.5 Å². The zero-order valence-electron chi connectivity index (χ0n) is 21.2. The van der Waals surface area contributed by atoms with Crippen molar-refractivity contribution in [2.24, 2.45) is 0 Å². The van der Waals surface area contributed by atoms with Crippen molar-refractivity contribution in [3.8, 4) is 17.6 Å². The monoisotopic (exact) mass is 568 g/mol. The zero-order chi connectivity index (χ0) is 26.7. The van der Waals surface area contributed by atoms with Crippen LogP contribution in [0.15, 0.2) is 95.0 Å². The van der Waals surface area contributed by atoms with Crippen molar-refractivity contribution in [2.45, 2.75) is 26.4 Å². The highest BCUT2D eigenvalue weighted by molar-refractivity contribution is 9.10. The minimum Gasteiger partial charge on any atom is -0.490 e. The molecule has 0 aromatic heterocycles. The van der Waals surface area contributed by atoms with E-state index in [1.54, 1.807) is 12.1 Å². The molecular formula is C32H29BrN2O3. The van der Waals surface area contributed by atoms with E-state index in [1.165, 1.54) is 10.9 Å². The van der Waals surface area contributed by atoms with E-state index in [2.05, 4.69) is 57.6 Å². The van der Waals surface area contributed by atoms with Gasteiger partial charge in [0.2, 0.25) is 0 Å². The number of nitrogens with one attached hydrogen (secondary N) is 1. The Kier molecular flexibility index (Phi) is 9.55. The van der Waals surface area contributed by atoms with E-state index in [0.29, 0.717) is 41.3 Å². The molecule has 192 valence electrons. The second-order valence-corrected chi connectivity index (χ2v) is 9.60. The number of carbonyl (C=O) groups is 1. The van der Waals surface area contributed by atoms with Crippen molar-refractivity contribution in [3.63, 3.8) is 0 Å². The second-order valence-electron chi connectivity index (χ2n) is 8.75. The molecule has 4 aromatic rings. The lowest BCUT2D eigenvalue weighted by Crippen LogP contribution is -2.25. The minimum atomic E-state index is -0.397. The van der Waals surface area contributed by atoms with E-state index in [0.717, 1.165) is 23.8 Å². The van der Waals surface area contributed by atoms with Gasteiger partial charge >= 0.3 is 0 Å². The molecule has 0 atom stereocenters. The average Bonchev–Trinajstić information content (AvgIpc) is 2.94. The standard InChI is InChI=1S/C32H29BrN2O3/c1-2-37-30-20-25(18-28(21-34)32(36)35-16-8-11-23-9-4-3-5-10-23)19-29(33)31(30)38-22-24-14-15-26-12-6-7-13-27(26)17-24/h3-7,9-10,12-15,17-20H,2,8,11,16,22H2,1H3,(H,35,36)/b28-18-. The van der Waals surface area contributed by atoms with E-state index in [4.69, 9.17) is 9.47 Å². The van der Waals surface area contributed by atoms with Gasteiger partial charge in [0.15, 0.2) is 11.5 Å². The normalized spacial score (nSPS) is 11.1. The Labute approximate surface area is 231 Å². The van der Waals surface area contributed by atoms with Gasteiger partial charge in [0.1, 0.15) is 18.2 Å². The van der Waals surface area contributed by atoms with Crippen LogP contribution in [0.4, 0.5) is 0 Å². The predicted molar refractivity (Wildman–Crippen MR) is 155 cm³/mol. The molecule has 0 aliphatic rings. The highest BCUT2D eigenvalue weighted by atomic mass is 79.9. The molecule has 0 radical (unpaired) electrons. The number of hydrogen-bond acceptors (Lipinski definition) is 4.